The highest BCUT2D eigenvalue weighted by Crippen LogP contribution is 2.28. The molecule has 1 unspecified atom stereocenters. The van der Waals surface area contributed by atoms with Crippen molar-refractivity contribution < 1.29 is 14.0 Å². The van der Waals surface area contributed by atoms with E-state index in [9.17, 15) is 14.0 Å². The minimum absolute atomic E-state index is 0.0692. The van der Waals surface area contributed by atoms with Crippen molar-refractivity contribution in [3.63, 3.8) is 0 Å². The van der Waals surface area contributed by atoms with E-state index in [2.05, 4.69) is 15.9 Å². The van der Waals surface area contributed by atoms with E-state index in [1.807, 2.05) is 13.8 Å². The van der Waals surface area contributed by atoms with Crippen LogP contribution >= 0.6 is 15.9 Å². The second-order valence-electron chi connectivity index (χ2n) is 5.11. The van der Waals surface area contributed by atoms with Crippen LogP contribution in [0.5, 0.6) is 0 Å². The molecule has 1 heterocycles. The van der Waals surface area contributed by atoms with Crippen LogP contribution in [0.4, 0.5) is 4.39 Å². The van der Waals surface area contributed by atoms with Crippen LogP contribution in [0, 0.1) is 17.7 Å². The number of hydrogen-bond acceptors (Lipinski definition) is 2. The van der Waals surface area contributed by atoms with E-state index in [0.29, 0.717) is 23.4 Å². The van der Waals surface area contributed by atoms with E-state index in [1.54, 1.807) is 6.07 Å². The predicted octanol–water partition coefficient (Wildman–Crippen LogP) is 3.23. The number of amides is 2. The Hall–Kier alpha value is -1.23. The average molecular weight is 328 g/mol. The van der Waals surface area contributed by atoms with Crippen LogP contribution in [0.2, 0.25) is 0 Å². The summed E-state index contributed by atoms with van der Waals surface area (Å²) in [5.41, 5.74) is -0.0692. The third-order valence-corrected chi connectivity index (χ3v) is 4.18. The van der Waals surface area contributed by atoms with Gasteiger partial charge in [-0.1, -0.05) is 19.9 Å². The number of rotatable bonds is 2. The van der Waals surface area contributed by atoms with E-state index >= 15 is 0 Å². The van der Waals surface area contributed by atoms with Gasteiger partial charge in [0.1, 0.15) is 5.82 Å². The molecule has 0 bridgehead atoms. The third kappa shape index (κ3) is 2.71. The molecule has 1 aromatic rings. The van der Waals surface area contributed by atoms with Gasteiger partial charge in [0.05, 0.1) is 5.56 Å². The molecule has 0 N–H and O–H groups in total. The van der Waals surface area contributed by atoms with Gasteiger partial charge in [-0.3, -0.25) is 14.5 Å². The van der Waals surface area contributed by atoms with E-state index < -0.39 is 11.7 Å². The standard InChI is InChI=1S/C14H15BrFNO2/c1-8(2)9-6-12(18)17(7-9)14(19)13-10(15)4-3-5-11(13)16/h3-5,8-9H,6-7H2,1-2H3. The zero-order valence-electron chi connectivity index (χ0n) is 10.8. The molecule has 0 spiro atoms. The quantitative estimate of drug-likeness (QED) is 0.782. The molecule has 5 heteroatoms. The van der Waals surface area contributed by atoms with Gasteiger partial charge < -0.3 is 0 Å². The lowest BCUT2D eigenvalue weighted by Crippen LogP contribution is -2.33. The number of carbonyl (C=O) groups excluding carboxylic acids is 2. The maximum Gasteiger partial charge on any atom is 0.264 e. The van der Waals surface area contributed by atoms with Crippen molar-refractivity contribution in [2.24, 2.45) is 11.8 Å². The zero-order chi connectivity index (χ0) is 14.2. The fourth-order valence-corrected chi connectivity index (χ4v) is 2.73. The number of carbonyl (C=O) groups is 2. The second-order valence-corrected chi connectivity index (χ2v) is 5.97. The van der Waals surface area contributed by atoms with Crippen LogP contribution in [-0.4, -0.2) is 23.3 Å². The molecular formula is C14H15BrFNO2. The van der Waals surface area contributed by atoms with Crippen LogP contribution < -0.4 is 0 Å². The Morgan fingerprint density at radius 1 is 1.47 bits per heavy atom. The SMILES string of the molecule is CC(C)C1CC(=O)N(C(=O)c2c(F)cccc2Br)C1. The number of halogens is 2. The molecule has 1 aliphatic rings. The fraction of sp³-hybridized carbons (Fsp3) is 0.429. The lowest BCUT2D eigenvalue weighted by atomic mass is 9.95. The van der Waals surface area contributed by atoms with Gasteiger partial charge in [-0.15, -0.1) is 0 Å². The molecule has 2 amide bonds. The monoisotopic (exact) mass is 327 g/mol. The maximum absolute atomic E-state index is 13.7. The summed E-state index contributed by atoms with van der Waals surface area (Å²) in [7, 11) is 0. The van der Waals surface area contributed by atoms with Gasteiger partial charge in [-0.25, -0.2) is 4.39 Å². The Morgan fingerprint density at radius 3 is 2.68 bits per heavy atom. The summed E-state index contributed by atoms with van der Waals surface area (Å²) in [6.07, 6.45) is 0.357. The van der Waals surface area contributed by atoms with Gasteiger partial charge in [0.25, 0.3) is 5.91 Å². The zero-order valence-corrected chi connectivity index (χ0v) is 12.4. The van der Waals surface area contributed by atoms with Gasteiger partial charge in [0.15, 0.2) is 0 Å². The molecule has 19 heavy (non-hydrogen) atoms. The Labute approximate surface area is 119 Å². The average Bonchev–Trinajstić information content (AvgIpc) is 2.71. The number of hydrogen-bond donors (Lipinski definition) is 0. The largest absolute Gasteiger partial charge is 0.278 e. The van der Waals surface area contributed by atoms with E-state index in [4.69, 9.17) is 0 Å². The highest BCUT2D eigenvalue weighted by Gasteiger charge is 2.36. The highest BCUT2D eigenvalue weighted by atomic mass is 79.9. The lowest BCUT2D eigenvalue weighted by Gasteiger charge is -2.17. The molecule has 2 rings (SSSR count). The number of imide groups is 1. The lowest BCUT2D eigenvalue weighted by molar-refractivity contribution is -0.125. The van der Waals surface area contributed by atoms with Gasteiger partial charge in [-0.05, 0) is 39.9 Å². The fourth-order valence-electron chi connectivity index (χ4n) is 2.22. The molecule has 1 fully saturated rings. The van der Waals surface area contributed by atoms with Crippen LogP contribution in [0.15, 0.2) is 22.7 Å². The van der Waals surface area contributed by atoms with Gasteiger partial charge in [0, 0.05) is 17.4 Å². The number of likely N-dealkylation sites (tertiary alicyclic amines) is 1. The first-order chi connectivity index (χ1) is 8.91. The summed E-state index contributed by atoms with van der Waals surface area (Å²) < 4.78 is 14.1. The molecule has 3 nitrogen and oxygen atoms in total. The second kappa shape index (κ2) is 5.41. The summed E-state index contributed by atoms with van der Waals surface area (Å²) in [6, 6.07) is 4.33. The molecule has 0 aliphatic carbocycles. The van der Waals surface area contributed by atoms with Crippen LogP contribution in [0.3, 0.4) is 0 Å². The Morgan fingerprint density at radius 2 is 2.16 bits per heavy atom. The molecule has 1 aliphatic heterocycles. The van der Waals surface area contributed by atoms with E-state index in [1.165, 1.54) is 12.1 Å². The van der Waals surface area contributed by atoms with Gasteiger partial charge in [-0.2, -0.15) is 0 Å². The third-order valence-electron chi connectivity index (χ3n) is 3.52. The van der Waals surface area contributed by atoms with Crippen molar-refractivity contribution in [1.82, 2.24) is 4.90 Å². The van der Waals surface area contributed by atoms with Crippen LogP contribution in [-0.2, 0) is 4.79 Å². The first-order valence-electron chi connectivity index (χ1n) is 6.20. The molecule has 1 atom stereocenters. The molecule has 102 valence electrons. The molecule has 0 aromatic heterocycles. The van der Waals surface area contributed by atoms with Crippen LogP contribution in [0.25, 0.3) is 0 Å². The smallest absolute Gasteiger partial charge is 0.264 e. The molecule has 0 saturated carbocycles. The summed E-state index contributed by atoms with van der Waals surface area (Å²) in [4.78, 5) is 25.4. The van der Waals surface area contributed by atoms with Crippen molar-refractivity contribution in [3.05, 3.63) is 34.1 Å². The molecular weight excluding hydrogens is 313 g/mol. The van der Waals surface area contributed by atoms with Crippen LogP contribution in [0.1, 0.15) is 30.6 Å². The van der Waals surface area contributed by atoms with E-state index in [0.717, 1.165) is 4.90 Å². The highest BCUT2D eigenvalue weighted by molar-refractivity contribution is 9.10. The molecule has 0 radical (unpaired) electrons. The number of nitrogens with zero attached hydrogens (tertiary/aromatic N) is 1. The Bertz CT molecular complexity index is 510. The first kappa shape index (κ1) is 14.2. The molecule has 1 aromatic carbocycles. The van der Waals surface area contributed by atoms with Gasteiger partial charge >= 0.3 is 0 Å². The van der Waals surface area contributed by atoms with Crippen molar-refractivity contribution in [1.29, 1.82) is 0 Å². The minimum Gasteiger partial charge on any atom is -0.278 e. The predicted molar refractivity (Wildman–Crippen MR) is 73.1 cm³/mol. The number of benzene rings is 1. The molecule has 1 saturated heterocycles. The van der Waals surface area contributed by atoms with E-state index in [-0.39, 0.29) is 17.4 Å². The summed E-state index contributed by atoms with van der Waals surface area (Å²) in [6.45, 7) is 4.41. The summed E-state index contributed by atoms with van der Waals surface area (Å²) in [5.74, 6) is -0.912. The topological polar surface area (TPSA) is 37.4 Å². The summed E-state index contributed by atoms with van der Waals surface area (Å²) in [5, 5.41) is 0. The Kier molecular flexibility index (Phi) is 4.04. The van der Waals surface area contributed by atoms with Gasteiger partial charge in [0.2, 0.25) is 5.91 Å². The minimum atomic E-state index is -0.611. The first-order valence-corrected chi connectivity index (χ1v) is 6.99. The van der Waals surface area contributed by atoms with Crippen molar-refractivity contribution in [2.45, 2.75) is 20.3 Å². The normalized spacial score (nSPS) is 19.3. The Balaban J connectivity index is 2.28. The van der Waals surface area contributed by atoms with Crippen molar-refractivity contribution in [3.8, 4) is 0 Å². The maximum atomic E-state index is 13.7. The van der Waals surface area contributed by atoms with Crippen molar-refractivity contribution >= 4 is 27.7 Å². The van der Waals surface area contributed by atoms with Crippen molar-refractivity contribution in [2.75, 3.05) is 6.54 Å². The summed E-state index contributed by atoms with van der Waals surface area (Å²) >= 11 is 3.16.